The maximum absolute atomic E-state index is 13.7. The number of nitro benzene ring substituents is 1. The molecule has 1 heterocycles. The number of esters is 1. The number of nitrogens with zero attached hydrogens (tertiary/aromatic N) is 3. The molecule has 236 valence electrons. The second kappa shape index (κ2) is 14.4. The van der Waals surface area contributed by atoms with Gasteiger partial charge in [0.2, 0.25) is 0 Å². The van der Waals surface area contributed by atoms with E-state index in [-0.39, 0.29) is 23.8 Å². The number of hydrogen-bond donors (Lipinski definition) is 1. The van der Waals surface area contributed by atoms with Gasteiger partial charge in [-0.05, 0) is 50.6 Å². The number of benzene rings is 3. The SMILES string of the molecule is CC1=NC(C)=C(C(=O)OCC(C)(C)CN(C)CCC(c2ccccc2)c2ccccc2)C(c2cccc([N+](=O)[O-])c2)C1C(=O)O. The van der Waals surface area contributed by atoms with Gasteiger partial charge in [-0.1, -0.05) is 86.6 Å². The topological polar surface area (TPSA) is 122 Å². The van der Waals surface area contributed by atoms with Gasteiger partial charge in [-0.25, -0.2) is 4.79 Å². The fraction of sp³-hybridized carbons (Fsp3) is 0.361. The van der Waals surface area contributed by atoms with E-state index in [2.05, 4.69) is 65.5 Å². The molecule has 0 amide bonds. The third-order valence-electron chi connectivity index (χ3n) is 8.25. The van der Waals surface area contributed by atoms with E-state index in [0.717, 1.165) is 13.0 Å². The van der Waals surface area contributed by atoms with Crippen LogP contribution < -0.4 is 0 Å². The third-order valence-corrected chi connectivity index (χ3v) is 8.25. The molecule has 0 spiro atoms. The Morgan fingerprint density at radius 1 is 1.00 bits per heavy atom. The van der Waals surface area contributed by atoms with Crippen LogP contribution in [0, 0.1) is 21.4 Å². The number of carboxylic acids is 1. The number of carbonyl (C=O) groups excluding carboxylic acids is 1. The molecule has 3 aromatic carbocycles. The van der Waals surface area contributed by atoms with Crippen LogP contribution in [0.4, 0.5) is 5.69 Å². The summed E-state index contributed by atoms with van der Waals surface area (Å²) in [5.74, 6) is -3.74. The average molecular weight is 612 g/mol. The Hall–Kier alpha value is -4.63. The number of aliphatic carboxylic acids is 1. The van der Waals surface area contributed by atoms with Crippen molar-refractivity contribution in [2.24, 2.45) is 16.3 Å². The predicted molar refractivity (Wildman–Crippen MR) is 174 cm³/mol. The van der Waals surface area contributed by atoms with Crippen molar-refractivity contribution in [3.05, 3.63) is 123 Å². The van der Waals surface area contributed by atoms with Gasteiger partial charge in [0, 0.05) is 47.3 Å². The molecule has 1 N–H and O–H groups in total. The lowest BCUT2D eigenvalue weighted by Gasteiger charge is -2.33. The van der Waals surface area contributed by atoms with E-state index in [1.54, 1.807) is 19.9 Å². The molecule has 4 rings (SSSR count). The molecule has 1 aliphatic rings. The Kier molecular flexibility index (Phi) is 10.7. The fourth-order valence-corrected chi connectivity index (χ4v) is 6.25. The molecule has 3 aromatic rings. The lowest BCUT2D eigenvalue weighted by Crippen LogP contribution is -2.38. The second-order valence-corrected chi connectivity index (χ2v) is 12.5. The number of non-ortho nitro benzene ring substituents is 1. The molecule has 0 bridgehead atoms. The third kappa shape index (κ3) is 8.30. The summed E-state index contributed by atoms with van der Waals surface area (Å²) >= 11 is 0. The van der Waals surface area contributed by atoms with Crippen molar-refractivity contribution in [2.45, 2.75) is 46.0 Å². The highest BCUT2D eigenvalue weighted by molar-refractivity contribution is 6.06. The number of carbonyl (C=O) groups is 2. The molecule has 45 heavy (non-hydrogen) atoms. The summed E-state index contributed by atoms with van der Waals surface area (Å²) in [4.78, 5) is 43.6. The lowest BCUT2D eigenvalue weighted by molar-refractivity contribution is -0.384. The van der Waals surface area contributed by atoms with Gasteiger partial charge in [-0.3, -0.25) is 19.9 Å². The maximum Gasteiger partial charge on any atom is 0.336 e. The van der Waals surface area contributed by atoms with Crippen LogP contribution in [-0.2, 0) is 14.3 Å². The summed E-state index contributed by atoms with van der Waals surface area (Å²) in [6, 6.07) is 26.7. The summed E-state index contributed by atoms with van der Waals surface area (Å²) in [6.07, 6.45) is 0.908. The van der Waals surface area contributed by atoms with Crippen molar-refractivity contribution in [3.8, 4) is 0 Å². The minimum Gasteiger partial charge on any atom is -0.481 e. The van der Waals surface area contributed by atoms with Gasteiger partial charge in [0.25, 0.3) is 5.69 Å². The minimum atomic E-state index is -1.17. The van der Waals surface area contributed by atoms with Gasteiger partial charge in [0.05, 0.1) is 17.1 Å². The van der Waals surface area contributed by atoms with E-state index in [4.69, 9.17) is 4.74 Å². The zero-order valence-electron chi connectivity index (χ0n) is 26.5. The van der Waals surface area contributed by atoms with E-state index in [9.17, 15) is 24.8 Å². The Morgan fingerprint density at radius 3 is 2.16 bits per heavy atom. The molecule has 0 fully saturated rings. The van der Waals surface area contributed by atoms with Gasteiger partial charge >= 0.3 is 11.9 Å². The molecule has 0 saturated heterocycles. The Balaban J connectivity index is 1.47. The number of allylic oxidation sites excluding steroid dienone is 1. The van der Waals surface area contributed by atoms with Crippen molar-refractivity contribution in [1.29, 1.82) is 0 Å². The minimum absolute atomic E-state index is 0.0931. The molecular weight excluding hydrogens is 570 g/mol. The normalized spacial score (nSPS) is 16.9. The number of rotatable bonds is 13. The standard InChI is InChI=1S/C36H41N3O6/c1-24-31(34(40)41)33(28-17-12-18-29(21-28)39(43)44)32(25(2)37-24)35(42)45-23-36(3,4)22-38(5)20-19-30(26-13-8-6-9-14-26)27-15-10-7-11-16-27/h6-18,21,30-31,33H,19-20,22-23H2,1-5H3,(H,40,41). The van der Waals surface area contributed by atoms with Gasteiger partial charge in [0.15, 0.2) is 0 Å². The second-order valence-electron chi connectivity index (χ2n) is 12.5. The van der Waals surface area contributed by atoms with E-state index in [1.165, 1.54) is 29.3 Å². The molecular formula is C36H41N3O6. The van der Waals surface area contributed by atoms with Crippen LogP contribution in [0.5, 0.6) is 0 Å². The monoisotopic (exact) mass is 611 g/mol. The van der Waals surface area contributed by atoms with Gasteiger partial charge in [0.1, 0.15) is 5.92 Å². The first-order valence-electron chi connectivity index (χ1n) is 15.1. The Bertz CT molecular complexity index is 1540. The average Bonchev–Trinajstić information content (AvgIpc) is 3.00. The molecule has 1 aliphatic heterocycles. The van der Waals surface area contributed by atoms with Crippen molar-refractivity contribution in [3.63, 3.8) is 0 Å². The van der Waals surface area contributed by atoms with Crippen LogP contribution in [-0.4, -0.2) is 59.3 Å². The molecule has 0 aliphatic carbocycles. The van der Waals surface area contributed by atoms with Crippen LogP contribution in [0.3, 0.4) is 0 Å². The molecule has 2 unspecified atom stereocenters. The summed E-state index contributed by atoms with van der Waals surface area (Å²) in [6.45, 7) is 8.83. The number of nitro groups is 1. The lowest BCUT2D eigenvalue weighted by atomic mass is 9.75. The highest BCUT2D eigenvalue weighted by atomic mass is 16.6. The van der Waals surface area contributed by atoms with Crippen molar-refractivity contribution in [2.75, 3.05) is 26.7 Å². The van der Waals surface area contributed by atoms with Crippen molar-refractivity contribution < 1.29 is 24.4 Å². The van der Waals surface area contributed by atoms with E-state index in [1.807, 2.05) is 26.0 Å². The van der Waals surface area contributed by atoms with Crippen LogP contribution in [0.15, 0.2) is 101 Å². The highest BCUT2D eigenvalue weighted by Gasteiger charge is 2.42. The quantitative estimate of drug-likeness (QED) is 0.127. The largest absolute Gasteiger partial charge is 0.481 e. The fourth-order valence-electron chi connectivity index (χ4n) is 6.25. The number of carboxylic acid groups (broad SMARTS) is 1. The van der Waals surface area contributed by atoms with Gasteiger partial charge in [-0.15, -0.1) is 0 Å². The first-order chi connectivity index (χ1) is 21.4. The van der Waals surface area contributed by atoms with Crippen molar-refractivity contribution >= 4 is 23.3 Å². The van der Waals surface area contributed by atoms with Gasteiger partial charge < -0.3 is 14.7 Å². The van der Waals surface area contributed by atoms with E-state index >= 15 is 0 Å². The molecule has 0 saturated carbocycles. The zero-order chi connectivity index (χ0) is 32.7. The number of hydrogen-bond acceptors (Lipinski definition) is 7. The maximum atomic E-state index is 13.7. The smallest absolute Gasteiger partial charge is 0.336 e. The zero-order valence-corrected chi connectivity index (χ0v) is 26.5. The van der Waals surface area contributed by atoms with Crippen LogP contribution >= 0.6 is 0 Å². The first-order valence-corrected chi connectivity index (χ1v) is 15.1. The summed E-state index contributed by atoms with van der Waals surface area (Å²) in [7, 11) is 2.05. The molecule has 0 aromatic heterocycles. The molecule has 0 radical (unpaired) electrons. The van der Waals surface area contributed by atoms with E-state index < -0.39 is 34.1 Å². The Labute approximate surface area is 264 Å². The van der Waals surface area contributed by atoms with Crippen LogP contribution in [0.1, 0.15) is 62.6 Å². The Morgan fingerprint density at radius 2 is 1.60 bits per heavy atom. The van der Waals surface area contributed by atoms with Crippen LogP contribution in [0.25, 0.3) is 0 Å². The summed E-state index contributed by atoms with van der Waals surface area (Å²) in [5.41, 5.74) is 3.03. The number of ether oxygens (including phenoxy) is 1. The summed E-state index contributed by atoms with van der Waals surface area (Å²) in [5, 5.41) is 21.6. The molecule has 9 nitrogen and oxygen atoms in total. The summed E-state index contributed by atoms with van der Waals surface area (Å²) < 4.78 is 5.86. The highest BCUT2D eigenvalue weighted by Crippen LogP contribution is 2.41. The predicted octanol–water partition coefficient (Wildman–Crippen LogP) is 6.85. The number of aliphatic imine (C=N–C) groups is 1. The van der Waals surface area contributed by atoms with E-state index in [0.29, 0.717) is 23.5 Å². The molecule has 9 heteroatoms. The van der Waals surface area contributed by atoms with Gasteiger partial charge in [-0.2, -0.15) is 0 Å². The van der Waals surface area contributed by atoms with Crippen molar-refractivity contribution in [1.82, 2.24) is 4.90 Å². The first kappa shape index (κ1) is 33.3. The molecule has 2 atom stereocenters. The van der Waals surface area contributed by atoms with Crippen LogP contribution in [0.2, 0.25) is 0 Å².